The lowest BCUT2D eigenvalue weighted by Gasteiger charge is -2.20. The second-order valence-corrected chi connectivity index (χ2v) is 7.70. The van der Waals surface area contributed by atoms with E-state index in [1.807, 2.05) is 30.8 Å². The average molecular weight is 373 g/mol. The normalized spacial score (nSPS) is 23.0. The van der Waals surface area contributed by atoms with Gasteiger partial charge >= 0.3 is 6.03 Å². The number of ether oxygens (including phenoxy) is 1. The summed E-state index contributed by atoms with van der Waals surface area (Å²) in [5, 5.41) is 14.5. The van der Waals surface area contributed by atoms with Crippen molar-refractivity contribution in [2.75, 3.05) is 18.5 Å². The van der Waals surface area contributed by atoms with Gasteiger partial charge in [-0.05, 0) is 26.7 Å². The molecule has 2 amide bonds. The van der Waals surface area contributed by atoms with Gasteiger partial charge < -0.3 is 14.6 Å². The van der Waals surface area contributed by atoms with E-state index in [0.29, 0.717) is 25.7 Å². The Morgan fingerprint density at radius 3 is 2.85 bits per heavy atom. The van der Waals surface area contributed by atoms with Crippen LogP contribution in [0.3, 0.4) is 0 Å². The van der Waals surface area contributed by atoms with E-state index in [1.165, 1.54) is 12.8 Å². The molecule has 8 heteroatoms. The first-order chi connectivity index (χ1) is 13.1. The molecular weight excluding hydrogens is 346 g/mol. The minimum atomic E-state index is -0.216. The summed E-state index contributed by atoms with van der Waals surface area (Å²) >= 11 is 0. The molecule has 2 aromatic heterocycles. The standard InChI is InChI=1S/C19H27N5O3/c1-12-9-20-24(15-5-3-4-6-15)18(12)22-19(25)21-17-11-26-10-14(17)8-16-7-13(2)23-27-16/h7,9,14-15,17H,3-6,8,10-11H2,1-2H3,(H2,21,22,25)/t14-,17+/m1/s1. The molecule has 3 heterocycles. The smallest absolute Gasteiger partial charge is 0.320 e. The zero-order valence-electron chi connectivity index (χ0n) is 15.9. The van der Waals surface area contributed by atoms with Crippen LogP contribution in [-0.4, -0.2) is 40.2 Å². The number of carbonyl (C=O) groups is 1. The maximum absolute atomic E-state index is 12.6. The molecule has 8 nitrogen and oxygen atoms in total. The Bertz CT molecular complexity index is 793. The first kappa shape index (κ1) is 18.0. The van der Waals surface area contributed by atoms with Crippen LogP contribution in [0.4, 0.5) is 10.6 Å². The van der Waals surface area contributed by atoms with Crippen molar-refractivity contribution in [3.63, 3.8) is 0 Å². The van der Waals surface area contributed by atoms with Crippen LogP contribution in [0.25, 0.3) is 0 Å². The molecular formula is C19H27N5O3. The average Bonchev–Trinajstić information content (AvgIpc) is 3.40. The Kier molecular flexibility index (Phi) is 5.15. The minimum Gasteiger partial charge on any atom is -0.379 e. The van der Waals surface area contributed by atoms with Crippen molar-refractivity contribution >= 4 is 11.8 Å². The first-order valence-electron chi connectivity index (χ1n) is 9.71. The lowest BCUT2D eigenvalue weighted by molar-refractivity contribution is 0.181. The lowest BCUT2D eigenvalue weighted by Crippen LogP contribution is -2.43. The molecule has 2 atom stereocenters. The number of nitrogens with one attached hydrogen (secondary N) is 2. The predicted octanol–water partition coefficient (Wildman–Crippen LogP) is 2.98. The summed E-state index contributed by atoms with van der Waals surface area (Å²) in [5.74, 6) is 1.79. The molecule has 1 saturated carbocycles. The van der Waals surface area contributed by atoms with E-state index in [1.54, 1.807) is 0 Å². The van der Waals surface area contributed by atoms with Crippen LogP contribution < -0.4 is 10.6 Å². The van der Waals surface area contributed by atoms with Gasteiger partial charge in [0.1, 0.15) is 11.6 Å². The third-order valence-corrected chi connectivity index (χ3v) is 5.54. The van der Waals surface area contributed by atoms with Crippen LogP contribution in [0.15, 0.2) is 16.8 Å². The first-order valence-corrected chi connectivity index (χ1v) is 9.71. The highest BCUT2D eigenvalue weighted by molar-refractivity contribution is 5.89. The van der Waals surface area contributed by atoms with Crippen molar-refractivity contribution in [2.24, 2.45) is 5.92 Å². The summed E-state index contributed by atoms with van der Waals surface area (Å²) in [7, 11) is 0. The molecule has 1 aliphatic heterocycles. The summed E-state index contributed by atoms with van der Waals surface area (Å²) in [6, 6.07) is 2.04. The van der Waals surface area contributed by atoms with E-state index in [9.17, 15) is 4.79 Å². The topological polar surface area (TPSA) is 94.2 Å². The van der Waals surface area contributed by atoms with Gasteiger partial charge in [0.05, 0.1) is 37.2 Å². The Labute approximate surface area is 158 Å². The molecule has 27 heavy (non-hydrogen) atoms. The number of nitrogens with zero attached hydrogens (tertiary/aromatic N) is 3. The van der Waals surface area contributed by atoms with Gasteiger partial charge in [0.15, 0.2) is 0 Å². The van der Waals surface area contributed by atoms with Crippen molar-refractivity contribution in [1.29, 1.82) is 0 Å². The zero-order chi connectivity index (χ0) is 18.8. The number of hydrogen-bond donors (Lipinski definition) is 2. The summed E-state index contributed by atoms with van der Waals surface area (Å²) in [4.78, 5) is 12.6. The van der Waals surface area contributed by atoms with Crippen molar-refractivity contribution in [2.45, 2.75) is 58.0 Å². The molecule has 2 aromatic rings. The fourth-order valence-corrected chi connectivity index (χ4v) is 4.07. The van der Waals surface area contributed by atoms with Gasteiger partial charge in [0.25, 0.3) is 0 Å². The molecule has 2 N–H and O–H groups in total. The van der Waals surface area contributed by atoms with Crippen LogP contribution in [0.1, 0.15) is 48.7 Å². The van der Waals surface area contributed by atoms with E-state index in [4.69, 9.17) is 9.26 Å². The number of aryl methyl sites for hydroxylation is 2. The minimum absolute atomic E-state index is 0.0569. The second kappa shape index (κ2) is 7.72. The summed E-state index contributed by atoms with van der Waals surface area (Å²) in [6.07, 6.45) is 7.19. The SMILES string of the molecule is Cc1cc(C[C@@H]2COC[C@@H]2NC(=O)Nc2c(C)cnn2C2CCCC2)on1. The molecule has 2 aliphatic rings. The Morgan fingerprint density at radius 1 is 1.30 bits per heavy atom. The number of amides is 2. The van der Waals surface area contributed by atoms with Gasteiger partial charge in [-0.1, -0.05) is 18.0 Å². The van der Waals surface area contributed by atoms with Gasteiger partial charge in [-0.3, -0.25) is 5.32 Å². The van der Waals surface area contributed by atoms with E-state index >= 15 is 0 Å². The maximum atomic E-state index is 12.6. The van der Waals surface area contributed by atoms with E-state index < -0.39 is 0 Å². The summed E-state index contributed by atoms with van der Waals surface area (Å²) in [6.45, 7) is 4.98. The zero-order valence-corrected chi connectivity index (χ0v) is 15.9. The van der Waals surface area contributed by atoms with Gasteiger partial charge in [-0.15, -0.1) is 0 Å². The highest BCUT2D eigenvalue weighted by Gasteiger charge is 2.31. The monoisotopic (exact) mass is 373 g/mol. The molecule has 0 bridgehead atoms. The summed E-state index contributed by atoms with van der Waals surface area (Å²) in [5.41, 5.74) is 1.84. The van der Waals surface area contributed by atoms with Crippen LogP contribution in [0, 0.1) is 19.8 Å². The summed E-state index contributed by atoms with van der Waals surface area (Å²) < 4.78 is 12.9. The molecule has 0 unspecified atom stereocenters. The second-order valence-electron chi connectivity index (χ2n) is 7.70. The molecule has 1 saturated heterocycles. The van der Waals surface area contributed by atoms with Gasteiger partial charge in [0.2, 0.25) is 0 Å². The van der Waals surface area contributed by atoms with Crippen molar-refractivity contribution in [1.82, 2.24) is 20.3 Å². The maximum Gasteiger partial charge on any atom is 0.320 e. The molecule has 0 radical (unpaired) electrons. The Balaban J connectivity index is 1.38. The largest absolute Gasteiger partial charge is 0.379 e. The third-order valence-electron chi connectivity index (χ3n) is 5.54. The molecule has 4 rings (SSSR count). The van der Waals surface area contributed by atoms with Crippen molar-refractivity contribution in [3.05, 3.63) is 29.3 Å². The highest BCUT2D eigenvalue weighted by Crippen LogP contribution is 2.32. The molecule has 146 valence electrons. The van der Waals surface area contributed by atoms with Gasteiger partial charge in [-0.25, -0.2) is 9.48 Å². The predicted molar refractivity (Wildman–Crippen MR) is 99.7 cm³/mol. The van der Waals surface area contributed by atoms with E-state index in [2.05, 4.69) is 20.9 Å². The Morgan fingerprint density at radius 2 is 2.11 bits per heavy atom. The number of rotatable bonds is 5. The van der Waals surface area contributed by atoms with E-state index in [-0.39, 0.29) is 18.0 Å². The number of carbonyl (C=O) groups excluding carboxylic acids is 1. The molecule has 0 aromatic carbocycles. The third kappa shape index (κ3) is 4.00. The fraction of sp³-hybridized carbons (Fsp3) is 0.632. The van der Waals surface area contributed by atoms with Crippen LogP contribution in [0.2, 0.25) is 0 Å². The quantitative estimate of drug-likeness (QED) is 0.840. The van der Waals surface area contributed by atoms with Crippen LogP contribution in [-0.2, 0) is 11.2 Å². The Hall–Kier alpha value is -2.35. The number of urea groups is 1. The lowest BCUT2D eigenvalue weighted by atomic mass is 9.98. The number of anilines is 1. The highest BCUT2D eigenvalue weighted by atomic mass is 16.5. The molecule has 0 spiro atoms. The van der Waals surface area contributed by atoms with Gasteiger partial charge in [-0.2, -0.15) is 5.10 Å². The van der Waals surface area contributed by atoms with Crippen LogP contribution in [0.5, 0.6) is 0 Å². The molecule has 2 fully saturated rings. The number of aromatic nitrogens is 3. The fourth-order valence-electron chi connectivity index (χ4n) is 4.07. The van der Waals surface area contributed by atoms with Crippen LogP contribution >= 0.6 is 0 Å². The van der Waals surface area contributed by atoms with Crippen molar-refractivity contribution in [3.8, 4) is 0 Å². The molecule has 1 aliphatic carbocycles. The van der Waals surface area contributed by atoms with Crippen molar-refractivity contribution < 1.29 is 14.1 Å². The van der Waals surface area contributed by atoms with E-state index in [0.717, 1.165) is 35.7 Å². The van der Waals surface area contributed by atoms with Gasteiger partial charge in [0, 0.05) is 24.0 Å². The number of hydrogen-bond acceptors (Lipinski definition) is 5.